The highest BCUT2D eigenvalue weighted by atomic mass is 32.2. The molecule has 23 heavy (non-hydrogen) atoms. The Hall–Kier alpha value is -1.71. The van der Waals surface area contributed by atoms with Crippen LogP contribution < -0.4 is 10.5 Å². The van der Waals surface area contributed by atoms with E-state index in [-0.39, 0.29) is 22.8 Å². The Labute approximate surface area is 134 Å². The van der Waals surface area contributed by atoms with E-state index >= 15 is 0 Å². The molecule has 9 heteroatoms. The van der Waals surface area contributed by atoms with Crippen LogP contribution in [-0.2, 0) is 10.0 Å². The van der Waals surface area contributed by atoms with Crippen LogP contribution >= 0.6 is 0 Å². The molecule has 1 saturated carbocycles. The third-order valence-electron chi connectivity index (χ3n) is 4.14. The van der Waals surface area contributed by atoms with Crippen LogP contribution in [0.4, 0.5) is 11.4 Å². The number of rotatable bonds is 5. The normalized spacial score (nSPS) is 18.2. The van der Waals surface area contributed by atoms with Gasteiger partial charge in [-0.1, -0.05) is 25.7 Å². The molecule has 1 aromatic carbocycles. The summed E-state index contributed by atoms with van der Waals surface area (Å²) < 4.78 is 22.6. The number of anilines is 1. The summed E-state index contributed by atoms with van der Waals surface area (Å²) in [6.07, 6.45) is 5.28. The summed E-state index contributed by atoms with van der Waals surface area (Å²) in [6.45, 7) is 0.183. The van der Waals surface area contributed by atoms with E-state index in [2.05, 4.69) is 5.32 Å². The second-order valence-corrected chi connectivity index (χ2v) is 7.53. The van der Waals surface area contributed by atoms with Crippen molar-refractivity contribution >= 4 is 21.4 Å². The highest BCUT2D eigenvalue weighted by molar-refractivity contribution is 7.89. The topological polar surface area (TPSA) is 136 Å². The second-order valence-electron chi connectivity index (χ2n) is 5.97. The third-order valence-corrected chi connectivity index (χ3v) is 5.05. The van der Waals surface area contributed by atoms with E-state index in [1.165, 1.54) is 12.1 Å². The highest BCUT2D eigenvalue weighted by Crippen LogP contribution is 2.31. The number of nitro groups is 1. The first-order chi connectivity index (χ1) is 10.7. The van der Waals surface area contributed by atoms with E-state index in [4.69, 9.17) is 5.14 Å². The van der Waals surface area contributed by atoms with Gasteiger partial charge in [0.05, 0.1) is 15.4 Å². The number of nitro benzene ring substituents is 1. The molecule has 0 heterocycles. The number of nitrogens with one attached hydrogen (secondary N) is 1. The predicted molar refractivity (Wildman–Crippen MR) is 85.6 cm³/mol. The van der Waals surface area contributed by atoms with Gasteiger partial charge in [-0.15, -0.1) is 0 Å². The van der Waals surface area contributed by atoms with Crippen LogP contribution in [-0.4, -0.2) is 30.6 Å². The Bertz CT molecular complexity index is 682. The maximum atomic E-state index is 11.3. The molecular weight excluding hydrogens is 322 g/mol. The van der Waals surface area contributed by atoms with Gasteiger partial charge >= 0.3 is 0 Å². The van der Waals surface area contributed by atoms with Crippen molar-refractivity contribution in [3.63, 3.8) is 0 Å². The number of primary sulfonamides is 1. The zero-order valence-electron chi connectivity index (χ0n) is 12.7. The van der Waals surface area contributed by atoms with Gasteiger partial charge in [-0.25, -0.2) is 13.6 Å². The van der Waals surface area contributed by atoms with E-state index in [9.17, 15) is 23.6 Å². The van der Waals surface area contributed by atoms with Gasteiger partial charge < -0.3 is 10.4 Å². The van der Waals surface area contributed by atoms with Gasteiger partial charge in [0.15, 0.2) is 0 Å². The molecule has 1 aliphatic carbocycles. The lowest BCUT2D eigenvalue weighted by molar-refractivity contribution is -0.384. The summed E-state index contributed by atoms with van der Waals surface area (Å²) in [7, 11) is -4.01. The molecule has 0 amide bonds. The number of hydrogen-bond acceptors (Lipinski definition) is 6. The van der Waals surface area contributed by atoms with Gasteiger partial charge in [-0.05, 0) is 25.0 Å². The largest absolute Gasteiger partial charge is 0.388 e. The molecule has 0 radical (unpaired) electrons. The zero-order chi connectivity index (χ0) is 17.1. The first-order valence-corrected chi connectivity index (χ1v) is 9.03. The minimum absolute atomic E-state index is 0.167. The Morgan fingerprint density at radius 1 is 1.26 bits per heavy atom. The first-order valence-electron chi connectivity index (χ1n) is 7.49. The second kappa shape index (κ2) is 6.81. The number of benzene rings is 1. The monoisotopic (exact) mass is 343 g/mol. The molecule has 0 atom stereocenters. The smallest absolute Gasteiger partial charge is 0.293 e. The lowest BCUT2D eigenvalue weighted by atomic mass is 9.94. The molecular formula is C14H21N3O5S. The molecule has 0 aromatic heterocycles. The van der Waals surface area contributed by atoms with E-state index in [0.29, 0.717) is 12.8 Å². The van der Waals surface area contributed by atoms with Crippen molar-refractivity contribution in [2.45, 2.75) is 49.0 Å². The minimum atomic E-state index is -4.01. The number of aliphatic hydroxyl groups is 1. The van der Waals surface area contributed by atoms with Crippen LogP contribution in [0.3, 0.4) is 0 Å². The number of nitrogens with two attached hydrogens (primary N) is 1. The quantitative estimate of drug-likeness (QED) is 0.423. The van der Waals surface area contributed by atoms with Crippen molar-refractivity contribution in [3.05, 3.63) is 28.3 Å². The van der Waals surface area contributed by atoms with Crippen molar-refractivity contribution < 1.29 is 18.4 Å². The Morgan fingerprint density at radius 3 is 2.39 bits per heavy atom. The molecule has 0 unspecified atom stereocenters. The zero-order valence-corrected chi connectivity index (χ0v) is 13.5. The van der Waals surface area contributed by atoms with Crippen molar-refractivity contribution in [2.75, 3.05) is 11.9 Å². The molecule has 0 bridgehead atoms. The Kier molecular flexibility index (Phi) is 5.23. The van der Waals surface area contributed by atoms with Crippen LogP contribution in [0.5, 0.6) is 0 Å². The van der Waals surface area contributed by atoms with E-state index in [0.717, 1.165) is 31.7 Å². The van der Waals surface area contributed by atoms with E-state index < -0.39 is 20.5 Å². The van der Waals surface area contributed by atoms with Gasteiger partial charge in [-0.3, -0.25) is 10.1 Å². The molecule has 1 fully saturated rings. The van der Waals surface area contributed by atoms with Gasteiger partial charge in [0, 0.05) is 12.6 Å². The average Bonchev–Trinajstić information content (AvgIpc) is 2.69. The van der Waals surface area contributed by atoms with Crippen LogP contribution in [0.25, 0.3) is 0 Å². The summed E-state index contributed by atoms with van der Waals surface area (Å²) in [5, 5.41) is 29.6. The lowest BCUT2D eigenvalue weighted by Gasteiger charge is -2.27. The molecule has 0 aliphatic heterocycles. The average molecular weight is 343 g/mol. The maximum Gasteiger partial charge on any atom is 0.293 e. The van der Waals surface area contributed by atoms with Crippen LogP contribution in [0.1, 0.15) is 38.5 Å². The summed E-state index contributed by atoms with van der Waals surface area (Å²) in [5.74, 6) is 0. The van der Waals surface area contributed by atoms with E-state index in [1.54, 1.807) is 0 Å². The van der Waals surface area contributed by atoms with Gasteiger partial charge in [-0.2, -0.15) is 0 Å². The van der Waals surface area contributed by atoms with Crippen LogP contribution in [0.15, 0.2) is 23.1 Å². The molecule has 1 aliphatic rings. The third kappa shape index (κ3) is 4.63. The summed E-state index contributed by atoms with van der Waals surface area (Å²) in [6, 6.07) is 3.44. The highest BCUT2D eigenvalue weighted by Gasteiger charge is 2.29. The standard InChI is InChI=1S/C14H21N3O5S/c15-23(21,22)11-5-6-12(13(9-11)17(19)20)16-10-14(18)7-3-1-2-4-8-14/h5-6,9,16,18H,1-4,7-8,10H2,(H2,15,21,22). The fourth-order valence-electron chi connectivity index (χ4n) is 2.81. The maximum absolute atomic E-state index is 11.3. The fraction of sp³-hybridized carbons (Fsp3) is 0.571. The van der Waals surface area contributed by atoms with Crippen molar-refractivity contribution in [1.29, 1.82) is 0 Å². The molecule has 4 N–H and O–H groups in total. The molecule has 128 valence electrons. The predicted octanol–water partition coefficient (Wildman–Crippen LogP) is 1.74. The van der Waals surface area contributed by atoms with Gasteiger partial charge in [0.1, 0.15) is 5.69 Å². The first kappa shape index (κ1) is 17.6. The molecule has 2 rings (SSSR count). The molecule has 8 nitrogen and oxygen atoms in total. The van der Waals surface area contributed by atoms with Gasteiger partial charge in [0.2, 0.25) is 10.0 Å². The van der Waals surface area contributed by atoms with Crippen molar-refractivity contribution in [1.82, 2.24) is 0 Å². The number of sulfonamides is 1. The molecule has 0 spiro atoms. The summed E-state index contributed by atoms with van der Waals surface area (Å²) in [5.41, 5.74) is -1.11. The lowest BCUT2D eigenvalue weighted by Crippen LogP contribution is -2.36. The van der Waals surface area contributed by atoms with Crippen molar-refractivity contribution in [2.24, 2.45) is 5.14 Å². The number of hydrogen-bond donors (Lipinski definition) is 3. The van der Waals surface area contributed by atoms with Crippen LogP contribution in [0, 0.1) is 10.1 Å². The van der Waals surface area contributed by atoms with Gasteiger partial charge in [0.25, 0.3) is 5.69 Å². The summed E-state index contributed by atoms with van der Waals surface area (Å²) in [4.78, 5) is 10.2. The minimum Gasteiger partial charge on any atom is -0.388 e. The summed E-state index contributed by atoms with van der Waals surface area (Å²) >= 11 is 0. The number of nitrogens with zero attached hydrogens (tertiary/aromatic N) is 1. The molecule has 1 aromatic rings. The van der Waals surface area contributed by atoms with Crippen LogP contribution in [0.2, 0.25) is 0 Å². The van der Waals surface area contributed by atoms with E-state index in [1.807, 2.05) is 0 Å². The Balaban J connectivity index is 2.20. The van der Waals surface area contributed by atoms with Crippen molar-refractivity contribution in [3.8, 4) is 0 Å². The fourth-order valence-corrected chi connectivity index (χ4v) is 3.35. The molecule has 0 saturated heterocycles. The SMILES string of the molecule is NS(=O)(=O)c1ccc(NCC2(O)CCCCCC2)c([N+](=O)[O-])c1. The Morgan fingerprint density at radius 2 is 1.87 bits per heavy atom.